The van der Waals surface area contributed by atoms with Gasteiger partial charge in [-0.2, -0.15) is 0 Å². The van der Waals surface area contributed by atoms with Crippen LogP contribution < -0.4 is 32.7 Å². The fourth-order valence-electron chi connectivity index (χ4n) is 4.45. The van der Waals surface area contributed by atoms with E-state index >= 15 is 0 Å². The number of nitrogens with two attached hydrogens (primary N) is 2. The van der Waals surface area contributed by atoms with Gasteiger partial charge in [-0.05, 0) is 38.5 Å². The molecule has 0 aliphatic carbocycles. The van der Waals surface area contributed by atoms with E-state index in [1.54, 1.807) is 0 Å². The van der Waals surface area contributed by atoms with Crippen molar-refractivity contribution in [3.63, 3.8) is 0 Å². The number of aliphatic hydroxyl groups excluding tert-OH is 1. The number of aliphatic carboxylic acids is 2. The summed E-state index contributed by atoms with van der Waals surface area (Å²) in [5.41, 5.74) is 10.9. The Bertz CT molecular complexity index is 1100. The van der Waals surface area contributed by atoms with Crippen LogP contribution in [0, 0.1) is 5.92 Å². The maximum atomic E-state index is 13.2. The zero-order valence-electron chi connectivity index (χ0n) is 24.9. The number of aliphatic hydroxyl groups is 1. The van der Waals surface area contributed by atoms with Crippen molar-refractivity contribution >= 4 is 47.4 Å². The maximum absolute atomic E-state index is 13.2. The van der Waals surface area contributed by atoms with Crippen molar-refractivity contribution in [3.8, 4) is 0 Å². The molecular weight excluding hydrogens is 586 g/mol. The van der Waals surface area contributed by atoms with Crippen LogP contribution in [0.25, 0.3) is 0 Å². The molecule has 0 spiro atoms. The summed E-state index contributed by atoms with van der Waals surface area (Å²) >= 11 is 0. The van der Waals surface area contributed by atoms with Crippen molar-refractivity contribution in [2.24, 2.45) is 17.4 Å². The average molecular weight is 630 g/mol. The monoisotopic (exact) mass is 629 g/mol. The minimum Gasteiger partial charge on any atom is -0.481 e. The van der Waals surface area contributed by atoms with Gasteiger partial charge in [0.25, 0.3) is 0 Å². The number of likely N-dealkylation sites (tertiary alicyclic amines) is 1. The van der Waals surface area contributed by atoms with Crippen LogP contribution in [-0.4, -0.2) is 117 Å². The molecule has 0 radical (unpaired) electrons. The Balaban J connectivity index is 2.91. The molecule has 1 fully saturated rings. The van der Waals surface area contributed by atoms with Gasteiger partial charge in [-0.25, -0.2) is 0 Å². The third kappa shape index (κ3) is 12.1. The Morgan fingerprint density at radius 2 is 1.45 bits per heavy atom. The van der Waals surface area contributed by atoms with E-state index in [0.29, 0.717) is 6.42 Å². The first-order valence-corrected chi connectivity index (χ1v) is 14.1. The summed E-state index contributed by atoms with van der Waals surface area (Å²) < 4.78 is 0. The van der Waals surface area contributed by atoms with E-state index in [2.05, 4.69) is 21.3 Å². The molecule has 0 bridgehead atoms. The van der Waals surface area contributed by atoms with Gasteiger partial charge in [0.05, 0.1) is 19.1 Å². The van der Waals surface area contributed by atoms with Crippen LogP contribution in [0.3, 0.4) is 0 Å². The van der Waals surface area contributed by atoms with Gasteiger partial charge in [0, 0.05) is 13.0 Å². The van der Waals surface area contributed by atoms with E-state index in [0.717, 1.165) is 0 Å². The van der Waals surface area contributed by atoms with Gasteiger partial charge in [0.15, 0.2) is 0 Å². The van der Waals surface area contributed by atoms with Gasteiger partial charge >= 0.3 is 11.9 Å². The highest BCUT2D eigenvalue weighted by molar-refractivity contribution is 5.97. The minimum absolute atomic E-state index is 0.0452. The van der Waals surface area contributed by atoms with Crippen LogP contribution in [0.1, 0.15) is 59.3 Å². The molecule has 1 aliphatic rings. The van der Waals surface area contributed by atoms with Crippen LogP contribution in [0.2, 0.25) is 0 Å². The Labute approximate surface area is 253 Å². The number of hydrogen-bond acceptors (Lipinski definition) is 10. The summed E-state index contributed by atoms with van der Waals surface area (Å²) in [6.07, 6.45) is -0.730. The Morgan fingerprint density at radius 1 is 0.841 bits per heavy atom. The van der Waals surface area contributed by atoms with Gasteiger partial charge < -0.3 is 53.0 Å². The predicted octanol–water partition coefficient (Wildman–Crippen LogP) is -3.87. The average Bonchev–Trinajstić information content (AvgIpc) is 3.42. The Kier molecular flexibility index (Phi) is 15.2. The molecule has 0 aromatic rings. The van der Waals surface area contributed by atoms with E-state index in [-0.39, 0.29) is 25.3 Å². The fourth-order valence-corrected chi connectivity index (χ4v) is 4.45. The van der Waals surface area contributed by atoms with Crippen molar-refractivity contribution in [2.45, 2.75) is 95.5 Å². The molecule has 11 N–H and O–H groups in total. The van der Waals surface area contributed by atoms with Crippen LogP contribution in [0.15, 0.2) is 0 Å². The third-order valence-electron chi connectivity index (χ3n) is 6.77. The highest BCUT2D eigenvalue weighted by Crippen LogP contribution is 2.19. The normalized spacial score (nSPS) is 17.9. The lowest BCUT2D eigenvalue weighted by Gasteiger charge is -2.29. The van der Waals surface area contributed by atoms with Gasteiger partial charge in [0.1, 0.15) is 30.2 Å². The number of primary amides is 1. The van der Waals surface area contributed by atoms with Crippen molar-refractivity contribution in [1.29, 1.82) is 0 Å². The third-order valence-corrected chi connectivity index (χ3v) is 6.77. The Morgan fingerprint density at radius 3 is 1.98 bits per heavy atom. The summed E-state index contributed by atoms with van der Waals surface area (Å²) in [6.45, 7) is 4.19. The number of carboxylic acid groups (broad SMARTS) is 2. The van der Waals surface area contributed by atoms with Crippen molar-refractivity contribution in [2.75, 3.05) is 13.2 Å². The lowest BCUT2D eigenvalue weighted by atomic mass is 10.0. The van der Waals surface area contributed by atoms with Crippen molar-refractivity contribution in [1.82, 2.24) is 26.2 Å². The van der Waals surface area contributed by atoms with Crippen LogP contribution >= 0.6 is 0 Å². The number of amides is 6. The van der Waals surface area contributed by atoms with Gasteiger partial charge in [0.2, 0.25) is 35.4 Å². The molecule has 6 amide bonds. The molecule has 1 heterocycles. The molecule has 1 saturated heterocycles. The second kappa shape index (κ2) is 17.7. The van der Waals surface area contributed by atoms with Gasteiger partial charge in [-0.3, -0.25) is 38.4 Å². The molecule has 0 saturated carbocycles. The van der Waals surface area contributed by atoms with Crippen LogP contribution in [0.4, 0.5) is 0 Å². The Hall–Kier alpha value is -4.32. The molecular formula is C26H43N7O11. The molecule has 1 aliphatic heterocycles. The number of nitrogens with one attached hydrogen (secondary N) is 4. The quantitative estimate of drug-likeness (QED) is 0.0703. The van der Waals surface area contributed by atoms with E-state index < -0.39 is 110 Å². The molecule has 0 unspecified atom stereocenters. The van der Waals surface area contributed by atoms with Gasteiger partial charge in [-0.1, -0.05) is 13.8 Å². The molecule has 44 heavy (non-hydrogen) atoms. The van der Waals surface area contributed by atoms with Gasteiger partial charge in [-0.15, -0.1) is 0 Å². The van der Waals surface area contributed by atoms with E-state index in [9.17, 15) is 43.5 Å². The summed E-state index contributed by atoms with van der Waals surface area (Å²) in [7, 11) is 0. The molecule has 18 nitrogen and oxygen atoms in total. The smallest absolute Gasteiger partial charge is 0.305 e. The lowest BCUT2D eigenvalue weighted by Crippen LogP contribution is -2.59. The second-order valence-electron chi connectivity index (χ2n) is 11.0. The van der Waals surface area contributed by atoms with Crippen LogP contribution in [-0.2, 0) is 38.4 Å². The molecule has 18 heteroatoms. The molecule has 6 atom stereocenters. The lowest BCUT2D eigenvalue weighted by molar-refractivity contribution is -0.143. The molecule has 248 valence electrons. The van der Waals surface area contributed by atoms with Crippen molar-refractivity contribution in [3.05, 3.63) is 0 Å². The largest absolute Gasteiger partial charge is 0.481 e. The first-order chi connectivity index (χ1) is 20.5. The molecule has 0 aromatic carbocycles. The maximum Gasteiger partial charge on any atom is 0.305 e. The first-order valence-electron chi connectivity index (χ1n) is 14.1. The SMILES string of the molecule is CC(C)C[C@H](NC(=O)[C@@H]1CCCN1C(=O)[C@H](CO)NC(=O)[C@H](C)NC(=O)[C@H](CCC(=O)O)NC(=O)[C@@H](N)CC(=O)O)C(N)=O. The highest BCUT2D eigenvalue weighted by atomic mass is 16.4. The summed E-state index contributed by atoms with van der Waals surface area (Å²) in [5, 5.41) is 37.0. The molecule has 0 aromatic heterocycles. The second-order valence-corrected chi connectivity index (χ2v) is 11.0. The first kappa shape index (κ1) is 37.7. The number of hydrogen-bond donors (Lipinski definition) is 9. The highest BCUT2D eigenvalue weighted by Gasteiger charge is 2.39. The number of rotatable bonds is 18. The standard InChI is InChI=1S/C26H43N7O11/c1-12(2)9-16(21(28)39)31-25(43)18-5-4-8-33(18)26(44)17(11-34)32-22(40)13(3)29-24(42)15(6-7-19(35)36)30-23(41)14(27)10-20(37)38/h12-18,34H,4-11,27H2,1-3H3,(H2,28,39)(H,29,42)(H,30,41)(H,31,43)(H,32,40)(H,35,36)(H,37,38)/t13-,14-,15-,16-,17-,18-/m0/s1. The van der Waals surface area contributed by atoms with Crippen LogP contribution in [0.5, 0.6) is 0 Å². The minimum atomic E-state index is -1.53. The van der Waals surface area contributed by atoms with E-state index in [4.69, 9.17) is 21.7 Å². The molecule has 1 rings (SSSR count). The predicted molar refractivity (Wildman–Crippen MR) is 151 cm³/mol. The fraction of sp³-hybridized carbons (Fsp3) is 0.692. The topological polar surface area (TPSA) is 301 Å². The summed E-state index contributed by atoms with van der Waals surface area (Å²) in [6, 6.07) is -7.81. The zero-order chi connectivity index (χ0) is 33.7. The van der Waals surface area contributed by atoms with E-state index in [1.165, 1.54) is 11.8 Å². The summed E-state index contributed by atoms with van der Waals surface area (Å²) in [5.74, 6) is -7.69. The number of carboxylic acids is 2. The number of carbonyl (C=O) groups is 8. The number of carbonyl (C=O) groups excluding carboxylic acids is 6. The van der Waals surface area contributed by atoms with Crippen molar-refractivity contribution < 1.29 is 53.7 Å². The number of nitrogens with zero attached hydrogens (tertiary/aromatic N) is 1. The zero-order valence-corrected chi connectivity index (χ0v) is 24.9. The summed E-state index contributed by atoms with van der Waals surface area (Å²) in [4.78, 5) is 98.8. The van der Waals surface area contributed by atoms with E-state index in [1.807, 2.05) is 13.8 Å².